The first-order valence-electron chi connectivity index (χ1n) is 6.15. The first-order valence-corrected chi connectivity index (χ1v) is 7.07. The molecule has 1 rings (SSSR count). The molecule has 1 aromatic carbocycles. The highest BCUT2D eigenvalue weighted by molar-refractivity contribution is 9.10. The normalized spacial score (nSPS) is 12.0. The Labute approximate surface area is 117 Å². The number of alkyl halides is 1. The third kappa shape index (κ3) is 4.69. The van der Waals surface area contributed by atoms with Gasteiger partial charge in [-0.25, -0.2) is 0 Å². The lowest BCUT2D eigenvalue weighted by Gasteiger charge is -2.19. The molecule has 0 fully saturated rings. The van der Waals surface area contributed by atoms with Crippen molar-refractivity contribution in [2.24, 2.45) is 0 Å². The predicted molar refractivity (Wildman–Crippen MR) is 77.1 cm³/mol. The van der Waals surface area contributed by atoms with Crippen molar-refractivity contribution in [3.63, 3.8) is 0 Å². The second-order valence-corrected chi connectivity index (χ2v) is 5.68. The maximum atomic E-state index is 11.8. The summed E-state index contributed by atoms with van der Waals surface area (Å²) in [4.78, 5) is 13.3. The Balaban J connectivity index is 2.64. The highest BCUT2D eigenvalue weighted by Crippen LogP contribution is 2.15. The first-order chi connectivity index (χ1) is 8.54. The van der Waals surface area contributed by atoms with Crippen molar-refractivity contribution in [1.82, 2.24) is 4.90 Å². The van der Waals surface area contributed by atoms with Gasteiger partial charge in [-0.2, -0.15) is 0 Å². The number of hydrogen-bond acceptors (Lipinski definition) is 2. The van der Waals surface area contributed by atoms with Crippen LogP contribution >= 0.6 is 15.9 Å². The molecule has 1 atom stereocenters. The molecule has 0 aliphatic carbocycles. The van der Waals surface area contributed by atoms with E-state index in [-0.39, 0.29) is 10.7 Å². The zero-order chi connectivity index (χ0) is 13.5. The first kappa shape index (κ1) is 15.0. The summed E-state index contributed by atoms with van der Waals surface area (Å²) in [7, 11) is 1.81. The molecule has 4 heteroatoms. The Bertz CT molecular complexity index is 393. The van der Waals surface area contributed by atoms with E-state index in [1.807, 2.05) is 31.2 Å². The lowest BCUT2D eigenvalue weighted by atomic mass is 10.2. The molecule has 3 nitrogen and oxygen atoms in total. The van der Waals surface area contributed by atoms with E-state index in [1.165, 1.54) is 0 Å². The van der Waals surface area contributed by atoms with Crippen LogP contribution in [0.5, 0.6) is 5.75 Å². The molecule has 0 N–H and O–H groups in total. The molecule has 0 radical (unpaired) electrons. The molecule has 0 aliphatic heterocycles. The minimum absolute atomic E-state index is 0.0786. The Morgan fingerprint density at radius 1 is 1.50 bits per heavy atom. The van der Waals surface area contributed by atoms with E-state index in [1.54, 1.807) is 11.9 Å². The molecule has 100 valence electrons. The molecular formula is C14H20BrNO2. The Hall–Kier alpha value is -1.03. The van der Waals surface area contributed by atoms with Crippen molar-refractivity contribution in [2.45, 2.75) is 31.6 Å². The third-order valence-corrected chi connectivity index (χ3v) is 2.90. The number of ether oxygens (including phenoxy) is 1. The predicted octanol–water partition coefficient (Wildman–Crippen LogP) is 3.22. The van der Waals surface area contributed by atoms with Crippen LogP contribution < -0.4 is 4.74 Å². The summed E-state index contributed by atoms with van der Waals surface area (Å²) in [5, 5.41) is 0. The fourth-order valence-electron chi connectivity index (χ4n) is 1.61. The molecule has 0 aliphatic rings. The summed E-state index contributed by atoms with van der Waals surface area (Å²) in [6.45, 7) is 5.22. The second-order valence-electron chi connectivity index (χ2n) is 4.31. The highest BCUT2D eigenvalue weighted by Gasteiger charge is 2.14. The summed E-state index contributed by atoms with van der Waals surface area (Å²) >= 11 is 3.29. The summed E-state index contributed by atoms with van der Waals surface area (Å²) < 4.78 is 5.57. The van der Waals surface area contributed by atoms with Crippen LogP contribution in [-0.2, 0) is 11.3 Å². The minimum Gasteiger partial charge on any atom is -0.494 e. The average molecular weight is 314 g/mol. The van der Waals surface area contributed by atoms with Crippen LogP contribution in [-0.4, -0.2) is 29.3 Å². The van der Waals surface area contributed by atoms with E-state index in [9.17, 15) is 4.79 Å². The van der Waals surface area contributed by atoms with Crippen LogP contribution in [0.15, 0.2) is 24.3 Å². The maximum Gasteiger partial charge on any atom is 0.236 e. The van der Waals surface area contributed by atoms with Crippen molar-refractivity contribution in [1.29, 1.82) is 0 Å². The summed E-state index contributed by atoms with van der Waals surface area (Å²) in [6.07, 6.45) is 0.990. The van der Waals surface area contributed by atoms with Gasteiger partial charge in [0.1, 0.15) is 5.75 Å². The largest absolute Gasteiger partial charge is 0.494 e. The number of rotatable bonds is 6. The van der Waals surface area contributed by atoms with Gasteiger partial charge in [-0.3, -0.25) is 4.79 Å². The van der Waals surface area contributed by atoms with E-state index >= 15 is 0 Å². The third-order valence-electron chi connectivity index (χ3n) is 2.51. The van der Waals surface area contributed by atoms with Crippen LogP contribution in [0, 0.1) is 0 Å². The van der Waals surface area contributed by atoms with E-state index in [2.05, 4.69) is 22.9 Å². The van der Waals surface area contributed by atoms with Gasteiger partial charge >= 0.3 is 0 Å². The van der Waals surface area contributed by atoms with Crippen LogP contribution in [0.1, 0.15) is 25.8 Å². The van der Waals surface area contributed by atoms with Gasteiger partial charge < -0.3 is 9.64 Å². The average Bonchev–Trinajstić information content (AvgIpc) is 2.35. The van der Waals surface area contributed by atoms with Crippen LogP contribution in [0.25, 0.3) is 0 Å². The van der Waals surface area contributed by atoms with Gasteiger partial charge in [0.25, 0.3) is 0 Å². The van der Waals surface area contributed by atoms with E-state index in [0.29, 0.717) is 6.54 Å². The summed E-state index contributed by atoms with van der Waals surface area (Å²) in [6, 6.07) is 7.88. The van der Waals surface area contributed by atoms with E-state index < -0.39 is 0 Å². The molecule has 0 bridgehead atoms. The molecule has 0 saturated carbocycles. The quantitative estimate of drug-likeness (QED) is 0.755. The van der Waals surface area contributed by atoms with Gasteiger partial charge in [0.2, 0.25) is 5.91 Å². The number of hydrogen-bond donors (Lipinski definition) is 0. The van der Waals surface area contributed by atoms with Crippen LogP contribution in [0.4, 0.5) is 0 Å². The summed E-state index contributed by atoms with van der Waals surface area (Å²) in [5.74, 6) is 0.942. The van der Waals surface area contributed by atoms with Gasteiger partial charge in [-0.05, 0) is 31.0 Å². The van der Waals surface area contributed by atoms with Crippen molar-refractivity contribution >= 4 is 21.8 Å². The van der Waals surface area contributed by atoms with E-state index in [4.69, 9.17) is 4.74 Å². The van der Waals surface area contributed by atoms with E-state index in [0.717, 1.165) is 24.3 Å². The number of carbonyl (C=O) groups is 1. The fourth-order valence-corrected chi connectivity index (χ4v) is 1.96. The van der Waals surface area contributed by atoms with Gasteiger partial charge in [0.15, 0.2) is 0 Å². The topological polar surface area (TPSA) is 29.5 Å². The maximum absolute atomic E-state index is 11.8. The SMILES string of the molecule is CCCOc1cccc(CN(C)C(=O)C(C)Br)c1. The Morgan fingerprint density at radius 3 is 2.83 bits per heavy atom. The van der Waals surface area contributed by atoms with Gasteiger partial charge in [-0.15, -0.1) is 0 Å². The molecular weight excluding hydrogens is 294 g/mol. The molecule has 0 spiro atoms. The van der Waals surface area contributed by atoms with Gasteiger partial charge in [0.05, 0.1) is 11.4 Å². The highest BCUT2D eigenvalue weighted by atomic mass is 79.9. The molecule has 0 heterocycles. The number of halogens is 1. The molecule has 1 unspecified atom stereocenters. The minimum atomic E-state index is -0.151. The fraction of sp³-hybridized carbons (Fsp3) is 0.500. The van der Waals surface area contributed by atoms with Crippen molar-refractivity contribution < 1.29 is 9.53 Å². The number of benzene rings is 1. The van der Waals surface area contributed by atoms with Crippen molar-refractivity contribution in [3.8, 4) is 5.75 Å². The van der Waals surface area contributed by atoms with Crippen LogP contribution in [0.3, 0.4) is 0 Å². The number of carbonyl (C=O) groups excluding carboxylic acids is 1. The lowest BCUT2D eigenvalue weighted by molar-refractivity contribution is -0.129. The Kier molecular flexibility index (Phi) is 6.19. The van der Waals surface area contributed by atoms with Gasteiger partial charge in [-0.1, -0.05) is 35.0 Å². The molecule has 0 aromatic heterocycles. The molecule has 18 heavy (non-hydrogen) atoms. The standard InChI is InChI=1S/C14H20BrNO2/c1-4-8-18-13-7-5-6-12(9-13)10-16(3)14(17)11(2)15/h5-7,9,11H,4,8,10H2,1-3H3. The van der Waals surface area contributed by atoms with Crippen LogP contribution in [0.2, 0.25) is 0 Å². The molecule has 1 amide bonds. The smallest absolute Gasteiger partial charge is 0.236 e. The zero-order valence-electron chi connectivity index (χ0n) is 11.1. The zero-order valence-corrected chi connectivity index (χ0v) is 12.7. The second kappa shape index (κ2) is 7.41. The summed E-state index contributed by atoms with van der Waals surface area (Å²) in [5.41, 5.74) is 1.08. The molecule has 1 aromatic rings. The van der Waals surface area contributed by atoms with Crippen molar-refractivity contribution in [2.75, 3.05) is 13.7 Å². The van der Waals surface area contributed by atoms with Crippen molar-refractivity contribution in [3.05, 3.63) is 29.8 Å². The Morgan fingerprint density at radius 2 is 2.22 bits per heavy atom. The number of nitrogens with zero attached hydrogens (tertiary/aromatic N) is 1. The van der Waals surface area contributed by atoms with Gasteiger partial charge in [0, 0.05) is 13.6 Å². The number of amides is 1. The molecule has 0 saturated heterocycles. The lowest BCUT2D eigenvalue weighted by Crippen LogP contribution is -2.31. The monoisotopic (exact) mass is 313 g/mol.